The molecule has 2 heterocycles. The van der Waals surface area contributed by atoms with Crippen molar-refractivity contribution < 1.29 is 4.79 Å². The average Bonchev–Trinajstić information content (AvgIpc) is 2.72. The molecule has 0 unspecified atom stereocenters. The zero-order chi connectivity index (χ0) is 14.7. The summed E-state index contributed by atoms with van der Waals surface area (Å²) >= 11 is 0. The highest BCUT2D eigenvalue weighted by molar-refractivity contribution is 5.98. The first-order valence-corrected chi connectivity index (χ1v) is 7.29. The number of hydrogen-bond acceptors (Lipinski definition) is 4. The first kappa shape index (κ1) is 13.6. The van der Waals surface area contributed by atoms with Crippen molar-refractivity contribution in [2.45, 2.75) is 38.8 Å². The highest BCUT2D eigenvalue weighted by Gasteiger charge is 2.16. The van der Waals surface area contributed by atoms with Gasteiger partial charge in [-0.1, -0.05) is 18.6 Å². The minimum Gasteiger partial charge on any atom is -0.398 e. The van der Waals surface area contributed by atoms with Crippen LogP contribution in [0.4, 0.5) is 5.69 Å². The van der Waals surface area contributed by atoms with Crippen LogP contribution in [0.2, 0.25) is 0 Å². The first-order valence-electron chi connectivity index (χ1n) is 7.29. The summed E-state index contributed by atoms with van der Waals surface area (Å²) in [6.45, 7) is 1.31. The molecule has 0 spiro atoms. The first-order chi connectivity index (χ1) is 10.3. The van der Waals surface area contributed by atoms with Crippen LogP contribution < -0.4 is 11.1 Å². The molecule has 0 saturated heterocycles. The SMILES string of the molecule is Nc1ccccc1C(=O)NCc1nnc2n1CCCCC2. The van der Waals surface area contributed by atoms with Crippen LogP contribution in [0, 0.1) is 0 Å². The molecule has 1 aromatic carbocycles. The molecule has 0 saturated carbocycles. The second-order valence-corrected chi connectivity index (χ2v) is 5.26. The van der Waals surface area contributed by atoms with Crippen molar-refractivity contribution in [3.05, 3.63) is 41.5 Å². The fraction of sp³-hybridized carbons (Fsp3) is 0.400. The van der Waals surface area contributed by atoms with Gasteiger partial charge in [-0.25, -0.2) is 0 Å². The van der Waals surface area contributed by atoms with E-state index in [2.05, 4.69) is 20.1 Å². The van der Waals surface area contributed by atoms with Crippen LogP contribution in [-0.4, -0.2) is 20.7 Å². The van der Waals surface area contributed by atoms with Crippen LogP contribution in [0.25, 0.3) is 0 Å². The van der Waals surface area contributed by atoms with E-state index in [1.807, 2.05) is 6.07 Å². The summed E-state index contributed by atoms with van der Waals surface area (Å²) in [5.41, 5.74) is 6.78. The second-order valence-electron chi connectivity index (χ2n) is 5.26. The molecule has 21 heavy (non-hydrogen) atoms. The van der Waals surface area contributed by atoms with Gasteiger partial charge < -0.3 is 15.6 Å². The van der Waals surface area contributed by atoms with Crippen LogP contribution in [0.5, 0.6) is 0 Å². The van der Waals surface area contributed by atoms with E-state index in [-0.39, 0.29) is 5.91 Å². The van der Waals surface area contributed by atoms with Crippen molar-refractivity contribution in [1.29, 1.82) is 0 Å². The molecule has 1 amide bonds. The molecule has 0 atom stereocenters. The lowest BCUT2D eigenvalue weighted by atomic mass is 10.1. The van der Waals surface area contributed by atoms with Gasteiger partial charge in [-0.3, -0.25) is 4.79 Å². The minimum atomic E-state index is -0.181. The molecule has 0 bridgehead atoms. The number of para-hydroxylation sites is 1. The molecule has 2 aromatic rings. The zero-order valence-corrected chi connectivity index (χ0v) is 11.9. The lowest BCUT2D eigenvalue weighted by Gasteiger charge is -2.09. The number of carbonyl (C=O) groups excluding carboxylic acids is 1. The topological polar surface area (TPSA) is 85.8 Å². The Labute approximate surface area is 123 Å². The molecule has 3 N–H and O–H groups in total. The lowest BCUT2D eigenvalue weighted by Crippen LogP contribution is -2.25. The van der Waals surface area contributed by atoms with E-state index < -0.39 is 0 Å². The van der Waals surface area contributed by atoms with Gasteiger partial charge in [-0.15, -0.1) is 10.2 Å². The Bertz CT molecular complexity index is 649. The van der Waals surface area contributed by atoms with E-state index in [1.165, 1.54) is 6.42 Å². The normalized spacial score (nSPS) is 14.3. The van der Waals surface area contributed by atoms with Crippen molar-refractivity contribution in [2.24, 2.45) is 0 Å². The Morgan fingerprint density at radius 3 is 2.95 bits per heavy atom. The molecular weight excluding hydrogens is 266 g/mol. The fourth-order valence-corrected chi connectivity index (χ4v) is 2.63. The molecule has 1 aromatic heterocycles. The van der Waals surface area contributed by atoms with E-state index in [0.717, 1.165) is 37.5 Å². The smallest absolute Gasteiger partial charge is 0.253 e. The number of fused-ring (bicyclic) bond motifs is 1. The van der Waals surface area contributed by atoms with Gasteiger partial charge in [0.15, 0.2) is 5.82 Å². The van der Waals surface area contributed by atoms with E-state index in [9.17, 15) is 4.79 Å². The van der Waals surface area contributed by atoms with Crippen molar-refractivity contribution >= 4 is 11.6 Å². The van der Waals surface area contributed by atoms with Gasteiger partial charge in [0.2, 0.25) is 0 Å². The summed E-state index contributed by atoms with van der Waals surface area (Å²) < 4.78 is 2.13. The molecule has 1 aliphatic heterocycles. The third kappa shape index (κ3) is 2.89. The van der Waals surface area contributed by atoms with Crippen LogP contribution in [0.3, 0.4) is 0 Å². The van der Waals surface area contributed by atoms with E-state index in [0.29, 0.717) is 17.8 Å². The number of amides is 1. The van der Waals surface area contributed by atoms with Crippen LogP contribution >= 0.6 is 0 Å². The van der Waals surface area contributed by atoms with Gasteiger partial charge in [0, 0.05) is 18.7 Å². The number of hydrogen-bond donors (Lipinski definition) is 2. The summed E-state index contributed by atoms with van der Waals surface area (Å²) in [5.74, 6) is 1.66. The number of nitrogens with one attached hydrogen (secondary N) is 1. The highest BCUT2D eigenvalue weighted by atomic mass is 16.1. The van der Waals surface area contributed by atoms with Crippen LogP contribution in [0.15, 0.2) is 24.3 Å². The summed E-state index contributed by atoms with van der Waals surface area (Å²) in [7, 11) is 0. The quantitative estimate of drug-likeness (QED) is 0.837. The predicted molar refractivity (Wildman–Crippen MR) is 79.6 cm³/mol. The van der Waals surface area contributed by atoms with Crippen LogP contribution in [-0.2, 0) is 19.5 Å². The van der Waals surface area contributed by atoms with Gasteiger partial charge in [0.05, 0.1) is 12.1 Å². The number of aryl methyl sites for hydroxylation is 1. The Morgan fingerprint density at radius 1 is 1.24 bits per heavy atom. The van der Waals surface area contributed by atoms with Crippen molar-refractivity contribution in [1.82, 2.24) is 20.1 Å². The van der Waals surface area contributed by atoms with Crippen molar-refractivity contribution in [2.75, 3.05) is 5.73 Å². The maximum Gasteiger partial charge on any atom is 0.253 e. The highest BCUT2D eigenvalue weighted by Crippen LogP contribution is 2.15. The Hall–Kier alpha value is -2.37. The van der Waals surface area contributed by atoms with Crippen molar-refractivity contribution in [3.8, 4) is 0 Å². The molecule has 6 heteroatoms. The zero-order valence-electron chi connectivity index (χ0n) is 11.9. The number of aromatic nitrogens is 3. The Kier molecular flexibility index (Phi) is 3.85. The summed E-state index contributed by atoms with van der Waals surface area (Å²) in [5, 5.41) is 11.3. The number of rotatable bonds is 3. The number of carbonyl (C=O) groups is 1. The molecule has 0 aliphatic carbocycles. The number of nitrogens with two attached hydrogens (primary N) is 1. The molecule has 0 radical (unpaired) electrons. The molecule has 3 rings (SSSR count). The largest absolute Gasteiger partial charge is 0.398 e. The lowest BCUT2D eigenvalue weighted by molar-refractivity contribution is 0.0950. The number of anilines is 1. The standard InChI is InChI=1S/C15H19N5O/c16-12-7-4-3-6-11(12)15(21)17-10-14-19-18-13-8-2-1-5-9-20(13)14/h3-4,6-7H,1-2,5,8-10,16H2,(H,17,21). The Morgan fingerprint density at radius 2 is 2.10 bits per heavy atom. The number of benzene rings is 1. The monoisotopic (exact) mass is 285 g/mol. The number of nitrogen functional groups attached to an aromatic ring is 1. The summed E-state index contributed by atoms with van der Waals surface area (Å²) in [6.07, 6.45) is 4.48. The molecule has 1 aliphatic rings. The van der Waals surface area contributed by atoms with Gasteiger partial charge >= 0.3 is 0 Å². The summed E-state index contributed by atoms with van der Waals surface area (Å²) in [6, 6.07) is 7.05. The molecular formula is C15H19N5O. The third-order valence-corrected chi connectivity index (χ3v) is 3.80. The van der Waals surface area contributed by atoms with E-state index >= 15 is 0 Å². The molecule has 6 nitrogen and oxygen atoms in total. The van der Waals surface area contributed by atoms with Gasteiger partial charge in [-0.2, -0.15) is 0 Å². The Balaban J connectivity index is 1.70. The number of nitrogens with zero attached hydrogens (tertiary/aromatic N) is 3. The van der Waals surface area contributed by atoms with Crippen LogP contribution in [0.1, 0.15) is 41.3 Å². The third-order valence-electron chi connectivity index (χ3n) is 3.80. The predicted octanol–water partition coefficient (Wildman–Crippen LogP) is 1.52. The average molecular weight is 285 g/mol. The van der Waals surface area contributed by atoms with Crippen molar-refractivity contribution in [3.63, 3.8) is 0 Å². The van der Waals surface area contributed by atoms with E-state index in [4.69, 9.17) is 5.73 Å². The minimum absolute atomic E-state index is 0.181. The molecule has 0 fully saturated rings. The van der Waals surface area contributed by atoms with E-state index in [1.54, 1.807) is 18.2 Å². The summed E-state index contributed by atoms with van der Waals surface area (Å²) in [4.78, 5) is 12.1. The van der Waals surface area contributed by atoms with Gasteiger partial charge in [0.1, 0.15) is 5.82 Å². The molecule has 110 valence electrons. The second kappa shape index (κ2) is 5.95. The fourth-order valence-electron chi connectivity index (χ4n) is 2.63. The maximum atomic E-state index is 12.1. The van der Waals surface area contributed by atoms with Gasteiger partial charge in [0.25, 0.3) is 5.91 Å². The maximum absolute atomic E-state index is 12.1. The van der Waals surface area contributed by atoms with Gasteiger partial charge in [-0.05, 0) is 25.0 Å².